The van der Waals surface area contributed by atoms with Crippen molar-refractivity contribution >= 4 is 17.6 Å². The van der Waals surface area contributed by atoms with E-state index >= 15 is 0 Å². The van der Waals surface area contributed by atoms with Gasteiger partial charge in [0, 0.05) is 17.5 Å². The molecule has 76 valence electrons. The number of hydrogen-bond donors (Lipinski definition) is 1. The van der Waals surface area contributed by atoms with Gasteiger partial charge in [0.15, 0.2) is 0 Å². The van der Waals surface area contributed by atoms with Crippen molar-refractivity contribution in [2.24, 2.45) is 0 Å². The number of rotatable bonds is 3. The van der Waals surface area contributed by atoms with Gasteiger partial charge in [-0.1, -0.05) is 0 Å². The van der Waals surface area contributed by atoms with Crippen molar-refractivity contribution in [1.82, 2.24) is 0 Å². The molecule has 0 unspecified atom stereocenters. The number of carboxylic acids is 1. The van der Waals surface area contributed by atoms with Gasteiger partial charge in [0.05, 0.1) is 6.42 Å². The first-order valence-corrected chi connectivity index (χ1v) is 4.32. The summed E-state index contributed by atoms with van der Waals surface area (Å²) in [6.45, 7) is 0. The van der Waals surface area contributed by atoms with Crippen molar-refractivity contribution in [3.05, 3.63) is 34.9 Å². The maximum atomic E-state index is 13.1. The smallest absolute Gasteiger partial charge is 0.307 e. The van der Waals surface area contributed by atoms with Gasteiger partial charge in [0.1, 0.15) is 11.6 Å². The van der Waals surface area contributed by atoms with Crippen LogP contribution in [0, 0.1) is 11.6 Å². The lowest BCUT2D eigenvalue weighted by Crippen LogP contribution is -2.06. The van der Waals surface area contributed by atoms with Crippen LogP contribution in [-0.2, 0) is 17.1 Å². The van der Waals surface area contributed by atoms with E-state index in [9.17, 15) is 13.6 Å². The molecule has 0 radical (unpaired) electrons. The van der Waals surface area contributed by atoms with E-state index in [1.165, 1.54) is 0 Å². The number of hydrogen-bond acceptors (Lipinski definition) is 1. The highest BCUT2D eigenvalue weighted by Gasteiger charge is 2.13. The first-order chi connectivity index (χ1) is 6.54. The van der Waals surface area contributed by atoms with Gasteiger partial charge in [0.2, 0.25) is 0 Å². The lowest BCUT2D eigenvalue weighted by atomic mass is 10.0. The average molecular weight is 221 g/mol. The predicted octanol–water partition coefficient (Wildman–Crippen LogP) is 2.33. The summed E-state index contributed by atoms with van der Waals surface area (Å²) in [6, 6.07) is 1.68. The van der Waals surface area contributed by atoms with Gasteiger partial charge in [-0.15, -0.1) is 11.6 Å². The van der Waals surface area contributed by atoms with Gasteiger partial charge >= 0.3 is 5.97 Å². The molecule has 14 heavy (non-hydrogen) atoms. The molecule has 0 aliphatic carbocycles. The van der Waals surface area contributed by atoms with Crippen molar-refractivity contribution in [3.63, 3.8) is 0 Å². The average Bonchev–Trinajstić information content (AvgIpc) is 2.08. The Morgan fingerprint density at radius 2 is 2.07 bits per heavy atom. The molecule has 0 heterocycles. The number of carboxylic acid groups (broad SMARTS) is 1. The molecule has 0 aliphatic rings. The van der Waals surface area contributed by atoms with E-state index in [2.05, 4.69) is 0 Å². The number of carbonyl (C=O) groups is 1. The molecule has 0 amide bonds. The third-order valence-electron chi connectivity index (χ3n) is 1.72. The normalized spacial score (nSPS) is 10.2. The summed E-state index contributed by atoms with van der Waals surface area (Å²) in [6.07, 6.45) is -0.492. The van der Waals surface area contributed by atoms with Crippen molar-refractivity contribution in [3.8, 4) is 0 Å². The second kappa shape index (κ2) is 4.37. The van der Waals surface area contributed by atoms with Crippen LogP contribution in [0.5, 0.6) is 0 Å². The molecule has 0 atom stereocenters. The van der Waals surface area contributed by atoms with E-state index in [1.807, 2.05) is 0 Å². The molecule has 0 saturated carbocycles. The van der Waals surface area contributed by atoms with E-state index in [0.717, 1.165) is 6.07 Å². The highest BCUT2D eigenvalue weighted by atomic mass is 35.5. The third kappa shape index (κ3) is 2.42. The molecule has 0 aromatic heterocycles. The van der Waals surface area contributed by atoms with Gasteiger partial charge in [0.25, 0.3) is 0 Å². The first-order valence-electron chi connectivity index (χ1n) is 3.79. The number of aliphatic carboxylic acids is 1. The Labute approximate surface area is 84.1 Å². The van der Waals surface area contributed by atoms with E-state index in [-0.39, 0.29) is 17.0 Å². The summed E-state index contributed by atoms with van der Waals surface area (Å²) in [5, 5.41) is 8.48. The van der Waals surface area contributed by atoms with Crippen molar-refractivity contribution in [2.75, 3.05) is 0 Å². The Kier molecular flexibility index (Phi) is 3.41. The number of benzene rings is 1. The fraction of sp³-hybridized carbons (Fsp3) is 0.222. The zero-order valence-corrected chi connectivity index (χ0v) is 7.81. The van der Waals surface area contributed by atoms with Crippen LogP contribution in [0.2, 0.25) is 0 Å². The Bertz CT molecular complexity index is 366. The van der Waals surface area contributed by atoms with Crippen LogP contribution in [0.4, 0.5) is 8.78 Å². The summed E-state index contributed by atoms with van der Waals surface area (Å²) in [5.41, 5.74) is 0.112. The van der Waals surface area contributed by atoms with Crippen LogP contribution in [0.15, 0.2) is 12.1 Å². The van der Waals surface area contributed by atoms with Gasteiger partial charge in [-0.2, -0.15) is 0 Å². The maximum absolute atomic E-state index is 13.1. The molecule has 2 nitrogen and oxygen atoms in total. The van der Waals surface area contributed by atoms with E-state index in [1.54, 1.807) is 0 Å². The quantitative estimate of drug-likeness (QED) is 0.794. The number of halogens is 3. The standard InChI is InChI=1S/C9H7ClF2O2/c10-4-5-1-6(11)2-8(12)7(5)3-9(13)14/h1-2H,3-4H2,(H,13,14). The second-order valence-corrected chi connectivity index (χ2v) is 3.00. The zero-order chi connectivity index (χ0) is 10.7. The van der Waals surface area contributed by atoms with Crippen LogP contribution >= 0.6 is 11.6 Å². The molecule has 0 fully saturated rings. The fourth-order valence-electron chi connectivity index (χ4n) is 1.13. The number of alkyl halides is 1. The molecule has 0 aliphatic heterocycles. The highest BCUT2D eigenvalue weighted by Crippen LogP contribution is 2.18. The molecule has 0 spiro atoms. The van der Waals surface area contributed by atoms with Crippen LogP contribution in [0.3, 0.4) is 0 Å². The van der Waals surface area contributed by atoms with Gasteiger partial charge < -0.3 is 5.11 Å². The second-order valence-electron chi connectivity index (χ2n) is 2.73. The van der Waals surface area contributed by atoms with Crippen molar-refractivity contribution in [2.45, 2.75) is 12.3 Å². The molecule has 1 aromatic carbocycles. The lowest BCUT2D eigenvalue weighted by Gasteiger charge is -2.06. The van der Waals surface area contributed by atoms with Gasteiger partial charge in [-0.25, -0.2) is 8.78 Å². The van der Waals surface area contributed by atoms with E-state index < -0.39 is 24.0 Å². The molecular formula is C9H7ClF2O2. The SMILES string of the molecule is O=C(O)Cc1c(F)cc(F)cc1CCl. The molecule has 1 N–H and O–H groups in total. The Balaban J connectivity index is 3.18. The van der Waals surface area contributed by atoms with Gasteiger partial charge in [-0.3, -0.25) is 4.79 Å². The zero-order valence-electron chi connectivity index (χ0n) is 7.06. The third-order valence-corrected chi connectivity index (χ3v) is 2.01. The molecule has 5 heteroatoms. The minimum Gasteiger partial charge on any atom is -0.481 e. The van der Waals surface area contributed by atoms with E-state index in [0.29, 0.717) is 6.07 Å². The maximum Gasteiger partial charge on any atom is 0.307 e. The Morgan fingerprint density at radius 3 is 2.57 bits per heavy atom. The first kappa shape index (κ1) is 10.9. The summed E-state index contributed by atoms with van der Waals surface area (Å²) in [4.78, 5) is 10.4. The largest absolute Gasteiger partial charge is 0.481 e. The van der Waals surface area contributed by atoms with Gasteiger partial charge in [-0.05, 0) is 11.6 Å². The Morgan fingerprint density at radius 1 is 1.43 bits per heavy atom. The molecule has 1 aromatic rings. The lowest BCUT2D eigenvalue weighted by molar-refractivity contribution is -0.136. The van der Waals surface area contributed by atoms with Crippen molar-refractivity contribution in [1.29, 1.82) is 0 Å². The summed E-state index contributed by atoms with van der Waals surface area (Å²) in [5.74, 6) is -2.92. The van der Waals surface area contributed by atoms with Crippen LogP contribution in [0.25, 0.3) is 0 Å². The van der Waals surface area contributed by atoms with E-state index in [4.69, 9.17) is 16.7 Å². The summed E-state index contributed by atoms with van der Waals surface area (Å²) >= 11 is 5.43. The fourth-order valence-corrected chi connectivity index (χ4v) is 1.36. The monoisotopic (exact) mass is 220 g/mol. The van der Waals surface area contributed by atoms with Crippen molar-refractivity contribution < 1.29 is 18.7 Å². The van der Waals surface area contributed by atoms with Crippen LogP contribution < -0.4 is 0 Å². The molecule has 0 saturated heterocycles. The van der Waals surface area contributed by atoms with Crippen LogP contribution in [0.1, 0.15) is 11.1 Å². The Hall–Kier alpha value is -1.16. The molecular weight excluding hydrogens is 214 g/mol. The summed E-state index contributed by atoms with van der Waals surface area (Å²) < 4.78 is 25.8. The highest BCUT2D eigenvalue weighted by molar-refractivity contribution is 6.17. The minimum absolute atomic E-state index is 0.0612. The summed E-state index contributed by atoms with van der Waals surface area (Å²) in [7, 11) is 0. The minimum atomic E-state index is -1.18. The molecule has 0 bridgehead atoms. The van der Waals surface area contributed by atoms with Crippen LogP contribution in [-0.4, -0.2) is 11.1 Å². The topological polar surface area (TPSA) is 37.3 Å². The molecule has 1 rings (SSSR count). The predicted molar refractivity (Wildman–Crippen MR) is 47.3 cm³/mol.